The Morgan fingerprint density at radius 1 is 0.935 bits per heavy atom. The summed E-state index contributed by atoms with van der Waals surface area (Å²) in [5, 5.41) is 10.6. The van der Waals surface area contributed by atoms with E-state index in [4.69, 9.17) is 4.74 Å². The number of ether oxygens (including phenoxy) is 1. The van der Waals surface area contributed by atoms with E-state index in [1.807, 2.05) is 0 Å². The maximum atomic E-state index is 12.1. The predicted octanol–water partition coefficient (Wildman–Crippen LogP) is 3.55. The first-order valence-electron chi connectivity index (χ1n) is 9.58. The average molecular weight is 439 g/mol. The molecule has 3 amide bonds. The molecule has 0 aliphatic rings. The first-order chi connectivity index (χ1) is 15.0. The van der Waals surface area contributed by atoms with E-state index in [0.717, 1.165) is 0 Å². The fourth-order valence-corrected chi connectivity index (χ4v) is 3.20. The molecule has 0 aliphatic carbocycles. The summed E-state index contributed by atoms with van der Waals surface area (Å²) in [6.45, 7) is 0.383. The van der Waals surface area contributed by atoms with Crippen LogP contribution in [0.15, 0.2) is 60.1 Å². The van der Waals surface area contributed by atoms with Crippen molar-refractivity contribution in [3.63, 3.8) is 0 Å². The summed E-state index contributed by atoms with van der Waals surface area (Å²) in [6, 6.07) is 13.4. The second kappa shape index (κ2) is 10.9. The van der Waals surface area contributed by atoms with Crippen LogP contribution in [0.5, 0.6) is 5.75 Å². The molecule has 31 heavy (non-hydrogen) atoms. The third-order valence-corrected chi connectivity index (χ3v) is 4.99. The minimum Gasteiger partial charge on any atom is -0.497 e. The highest BCUT2D eigenvalue weighted by atomic mass is 32.1. The van der Waals surface area contributed by atoms with Gasteiger partial charge in [0.05, 0.1) is 7.11 Å². The quantitative estimate of drug-likeness (QED) is 0.443. The highest BCUT2D eigenvalue weighted by molar-refractivity contribution is 7.13. The Morgan fingerprint density at radius 3 is 2.26 bits per heavy atom. The van der Waals surface area contributed by atoms with Gasteiger partial charge in [0.15, 0.2) is 5.13 Å². The largest absolute Gasteiger partial charge is 0.497 e. The number of thiazole rings is 1. The van der Waals surface area contributed by atoms with Crippen molar-refractivity contribution < 1.29 is 19.1 Å². The number of rotatable bonds is 9. The summed E-state index contributed by atoms with van der Waals surface area (Å²) in [5.41, 5.74) is 1.59. The molecule has 3 N–H and O–H groups in total. The molecular weight excluding hydrogens is 416 g/mol. The van der Waals surface area contributed by atoms with Crippen LogP contribution >= 0.6 is 11.3 Å². The molecule has 0 fully saturated rings. The van der Waals surface area contributed by atoms with Crippen LogP contribution < -0.4 is 20.7 Å². The molecule has 3 aromatic rings. The number of aromatic nitrogens is 1. The number of nitrogens with one attached hydrogen (secondary N) is 3. The highest BCUT2D eigenvalue weighted by Crippen LogP contribution is 2.15. The van der Waals surface area contributed by atoms with Crippen LogP contribution in [0.3, 0.4) is 0 Å². The fourth-order valence-electron chi connectivity index (χ4n) is 2.68. The summed E-state index contributed by atoms with van der Waals surface area (Å²) in [5.74, 6) is 0.0511. The van der Waals surface area contributed by atoms with Gasteiger partial charge in [-0.3, -0.25) is 19.7 Å². The van der Waals surface area contributed by atoms with E-state index in [1.54, 1.807) is 67.2 Å². The summed E-state index contributed by atoms with van der Waals surface area (Å²) >= 11 is 1.34. The molecule has 0 saturated carbocycles. The zero-order valence-electron chi connectivity index (χ0n) is 16.9. The Labute approximate surface area is 183 Å². The van der Waals surface area contributed by atoms with Crippen molar-refractivity contribution in [3.8, 4) is 5.75 Å². The molecule has 0 radical (unpaired) electrons. The normalized spacial score (nSPS) is 10.2. The minimum absolute atomic E-state index is 0.168. The van der Waals surface area contributed by atoms with Crippen LogP contribution in [0.1, 0.15) is 33.6 Å². The van der Waals surface area contributed by atoms with Crippen molar-refractivity contribution in [2.75, 3.05) is 24.3 Å². The van der Waals surface area contributed by atoms with E-state index in [-0.39, 0.29) is 24.1 Å². The van der Waals surface area contributed by atoms with E-state index in [0.29, 0.717) is 40.7 Å². The van der Waals surface area contributed by atoms with E-state index in [1.165, 1.54) is 11.3 Å². The third-order valence-electron chi connectivity index (χ3n) is 4.30. The number of hydrogen-bond donors (Lipinski definition) is 3. The van der Waals surface area contributed by atoms with Crippen molar-refractivity contribution in [1.82, 2.24) is 10.3 Å². The Morgan fingerprint density at radius 2 is 1.61 bits per heavy atom. The number of carbonyl (C=O) groups is 3. The van der Waals surface area contributed by atoms with Gasteiger partial charge in [-0.1, -0.05) is 0 Å². The van der Waals surface area contributed by atoms with Crippen LogP contribution in [-0.2, 0) is 4.79 Å². The van der Waals surface area contributed by atoms with E-state index < -0.39 is 0 Å². The number of anilines is 2. The zero-order valence-corrected chi connectivity index (χ0v) is 17.7. The van der Waals surface area contributed by atoms with Crippen LogP contribution in [0.25, 0.3) is 0 Å². The van der Waals surface area contributed by atoms with Crippen LogP contribution in [0, 0.1) is 0 Å². The molecule has 0 spiro atoms. The lowest BCUT2D eigenvalue weighted by Crippen LogP contribution is -2.25. The second-order valence-corrected chi connectivity index (χ2v) is 7.40. The molecule has 1 heterocycles. The Balaban J connectivity index is 1.38. The lowest BCUT2D eigenvalue weighted by atomic mass is 10.2. The number of nitrogens with zero attached hydrogens (tertiary/aromatic N) is 1. The topological polar surface area (TPSA) is 109 Å². The second-order valence-electron chi connectivity index (χ2n) is 6.50. The van der Waals surface area contributed by atoms with Gasteiger partial charge in [-0.05, 0) is 55.0 Å². The fraction of sp³-hybridized carbons (Fsp3) is 0.182. The standard InChI is InChI=1S/C22H22N4O4S/c1-30-18-10-6-15(7-11-18)20(28)23-12-2-3-19(27)25-17-8-4-16(5-9-17)21(29)26-22-24-13-14-31-22/h4-11,13-14H,2-3,12H2,1H3,(H,23,28)(H,25,27)(H,24,26,29). The smallest absolute Gasteiger partial charge is 0.257 e. The molecule has 1 aromatic heterocycles. The molecule has 0 aliphatic heterocycles. The minimum atomic E-state index is -0.263. The van der Waals surface area contributed by atoms with Gasteiger partial charge in [0.25, 0.3) is 11.8 Å². The first kappa shape index (κ1) is 22.0. The molecule has 8 nitrogen and oxygen atoms in total. The molecule has 2 aromatic carbocycles. The van der Waals surface area contributed by atoms with E-state index in [2.05, 4.69) is 20.9 Å². The van der Waals surface area contributed by atoms with Gasteiger partial charge < -0.3 is 15.4 Å². The van der Waals surface area contributed by atoms with Crippen LogP contribution in [-0.4, -0.2) is 36.4 Å². The number of methoxy groups -OCH3 is 1. The maximum Gasteiger partial charge on any atom is 0.257 e. The summed E-state index contributed by atoms with van der Waals surface area (Å²) in [6.07, 6.45) is 2.38. The van der Waals surface area contributed by atoms with Crippen molar-refractivity contribution in [3.05, 3.63) is 71.2 Å². The number of amides is 3. The van der Waals surface area contributed by atoms with Crippen molar-refractivity contribution in [2.24, 2.45) is 0 Å². The first-order valence-corrected chi connectivity index (χ1v) is 10.5. The lowest BCUT2D eigenvalue weighted by Gasteiger charge is -2.08. The van der Waals surface area contributed by atoms with Gasteiger partial charge in [-0.2, -0.15) is 0 Å². The molecule has 160 valence electrons. The summed E-state index contributed by atoms with van der Waals surface area (Å²) < 4.78 is 5.06. The van der Waals surface area contributed by atoms with Gasteiger partial charge in [-0.25, -0.2) is 4.98 Å². The number of hydrogen-bond acceptors (Lipinski definition) is 6. The Kier molecular flexibility index (Phi) is 7.72. The Bertz CT molecular complexity index is 1020. The number of carbonyl (C=O) groups excluding carboxylic acids is 3. The monoisotopic (exact) mass is 438 g/mol. The number of benzene rings is 2. The molecule has 0 atom stereocenters. The van der Waals surface area contributed by atoms with Crippen LogP contribution in [0.2, 0.25) is 0 Å². The van der Waals surface area contributed by atoms with Crippen molar-refractivity contribution in [1.29, 1.82) is 0 Å². The molecule has 0 saturated heterocycles. The van der Waals surface area contributed by atoms with Gasteiger partial charge in [0.1, 0.15) is 5.75 Å². The van der Waals surface area contributed by atoms with Crippen LogP contribution in [0.4, 0.5) is 10.8 Å². The lowest BCUT2D eigenvalue weighted by molar-refractivity contribution is -0.116. The van der Waals surface area contributed by atoms with Gasteiger partial charge >= 0.3 is 0 Å². The molecule has 0 unspecified atom stereocenters. The van der Waals surface area contributed by atoms with Crippen molar-refractivity contribution >= 4 is 39.9 Å². The van der Waals surface area contributed by atoms with Gasteiger partial charge in [0.2, 0.25) is 5.91 Å². The molecule has 9 heteroatoms. The SMILES string of the molecule is COc1ccc(C(=O)NCCCC(=O)Nc2ccc(C(=O)Nc3nccs3)cc2)cc1. The maximum absolute atomic E-state index is 12.1. The summed E-state index contributed by atoms with van der Waals surface area (Å²) in [4.78, 5) is 40.3. The van der Waals surface area contributed by atoms with Gasteiger partial charge in [0, 0.05) is 41.4 Å². The Hall–Kier alpha value is -3.72. The predicted molar refractivity (Wildman–Crippen MR) is 120 cm³/mol. The average Bonchev–Trinajstić information content (AvgIpc) is 3.30. The molecular formula is C22H22N4O4S. The molecule has 3 rings (SSSR count). The van der Waals surface area contributed by atoms with Crippen molar-refractivity contribution in [2.45, 2.75) is 12.8 Å². The summed E-state index contributed by atoms with van der Waals surface area (Å²) in [7, 11) is 1.56. The third kappa shape index (κ3) is 6.65. The van der Waals surface area contributed by atoms with E-state index in [9.17, 15) is 14.4 Å². The van der Waals surface area contributed by atoms with E-state index >= 15 is 0 Å². The zero-order chi connectivity index (χ0) is 22.1. The highest BCUT2D eigenvalue weighted by Gasteiger charge is 2.09. The van der Waals surface area contributed by atoms with Gasteiger partial charge in [-0.15, -0.1) is 11.3 Å². The molecule has 0 bridgehead atoms.